The van der Waals surface area contributed by atoms with Crippen LogP contribution in [0, 0.1) is 10.1 Å². The van der Waals surface area contributed by atoms with Gasteiger partial charge in [-0.15, -0.1) is 0 Å². The lowest BCUT2D eigenvalue weighted by atomic mass is 10.0. The Morgan fingerprint density at radius 3 is 2.50 bits per heavy atom. The molecule has 1 amide bonds. The number of hydrogen-bond donors (Lipinski definition) is 2. The average molecular weight is 408 g/mol. The number of primary amides is 1. The predicted octanol–water partition coefficient (Wildman–Crippen LogP) is 1.18. The molecule has 2 aromatic carbocycles. The van der Waals surface area contributed by atoms with Gasteiger partial charge in [-0.2, -0.15) is 0 Å². The minimum atomic E-state index is -0.555. The predicted molar refractivity (Wildman–Crippen MR) is 111 cm³/mol. The van der Waals surface area contributed by atoms with E-state index >= 15 is 0 Å². The van der Waals surface area contributed by atoms with E-state index in [1.165, 1.54) is 12.4 Å². The third-order valence-electron chi connectivity index (χ3n) is 5.34. The molecule has 1 aliphatic rings. The summed E-state index contributed by atoms with van der Waals surface area (Å²) in [7, 11) is 0. The van der Waals surface area contributed by atoms with E-state index in [2.05, 4.69) is 9.97 Å². The molecule has 10 nitrogen and oxygen atoms in total. The molecule has 3 N–H and O–H groups in total. The molecular weight excluding hydrogens is 388 g/mol. The van der Waals surface area contributed by atoms with E-state index < -0.39 is 22.4 Å². The summed E-state index contributed by atoms with van der Waals surface area (Å²) < 4.78 is 0. The van der Waals surface area contributed by atoms with Crippen molar-refractivity contribution in [3.8, 4) is 0 Å². The van der Waals surface area contributed by atoms with Crippen molar-refractivity contribution in [1.29, 1.82) is 0 Å². The molecule has 4 rings (SSSR count). The van der Waals surface area contributed by atoms with Gasteiger partial charge < -0.3 is 15.6 Å². The smallest absolute Gasteiger partial charge is 0.293 e. The quantitative estimate of drug-likeness (QED) is 0.477. The molecule has 154 valence electrons. The third-order valence-corrected chi connectivity index (χ3v) is 5.34. The van der Waals surface area contributed by atoms with Gasteiger partial charge in [-0.25, -0.2) is 4.98 Å². The van der Waals surface area contributed by atoms with E-state index in [9.17, 15) is 19.7 Å². The van der Waals surface area contributed by atoms with Gasteiger partial charge in [-0.3, -0.25) is 24.6 Å². The second kappa shape index (κ2) is 7.91. The largest absolute Gasteiger partial charge is 0.368 e. The minimum Gasteiger partial charge on any atom is -0.368 e. The number of aromatic nitrogens is 2. The Balaban J connectivity index is 1.62. The highest BCUT2D eigenvalue weighted by molar-refractivity contribution is 5.87. The van der Waals surface area contributed by atoms with Crippen LogP contribution in [0.3, 0.4) is 0 Å². The molecule has 2 heterocycles. The Hall–Kier alpha value is -3.79. The summed E-state index contributed by atoms with van der Waals surface area (Å²) in [6.45, 7) is 1.93. The number of H-pyrrole nitrogens is 1. The van der Waals surface area contributed by atoms with E-state index in [4.69, 9.17) is 5.73 Å². The zero-order chi connectivity index (χ0) is 21.3. The summed E-state index contributed by atoms with van der Waals surface area (Å²) in [4.78, 5) is 45.6. The van der Waals surface area contributed by atoms with Crippen molar-refractivity contribution < 1.29 is 9.72 Å². The van der Waals surface area contributed by atoms with Crippen LogP contribution < -0.4 is 16.2 Å². The standard InChI is InChI=1S/C20H20N6O4/c21-19(27)18(13-4-2-1-3-5-13)25-8-6-24(7-9-25)16-11-15-14(10-17(16)26(29)30)20(28)23-12-22-15/h1-5,10-12,18H,6-9H2,(H2,21,27)(H,22,23,28). The van der Waals surface area contributed by atoms with Crippen LogP contribution in [0.25, 0.3) is 10.9 Å². The first-order chi connectivity index (χ1) is 14.5. The van der Waals surface area contributed by atoms with Crippen LogP contribution in [-0.2, 0) is 4.79 Å². The normalized spacial score (nSPS) is 15.8. The summed E-state index contributed by atoms with van der Waals surface area (Å²) >= 11 is 0. The zero-order valence-electron chi connectivity index (χ0n) is 16.0. The van der Waals surface area contributed by atoms with E-state index in [1.54, 1.807) is 6.07 Å². The summed E-state index contributed by atoms with van der Waals surface area (Å²) in [5, 5.41) is 11.8. The second-order valence-electron chi connectivity index (χ2n) is 7.09. The Labute approximate surface area is 171 Å². The highest BCUT2D eigenvalue weighted by atomic mass is 16.6. The van der Waals surface area contributed by atoms with E-state index in [0.29, 0.717) is 37.4 Å². The molecular formula is C20H20N6O4. The van der Waals surface area contributed by atoms with Gasteiger partial charge in [0.1, 0.15) is 11.7 Å². The van der Waals surface area contributed by atoms with Crippen molar-refractivity contribution in [3.05, 3.63) is 74.8 Å². The topological polar surface area (TPSA) is 138 Å². The summed E-state index contributed by atoms with van der Waals surface area (Å²) in [5.41, 5.74) is 6.70. The monoisotopic (exact) mass is 408 g/mol. The first-order valence-electron chi connectivity index (χ1n) is 9.45. The number of benzene rings is 2. The molecule has 30 heavy (non-hydrogen) atoms. The van der Waals surface area contributed by atoms with Gasteiger partial charge in [-0.1, -0.05) is 30.3 Å². The number of carbonyl (C=O) groups is 1. The van der Waals surface area contributed by atoms with Crippen LogP contribution in [0.1, 0.15) is 11.6 Å². The molecule has 1 atom stereocenters. The fraction of sp³-hybridized carbons (Fsp3) is 0.250. The fourth-order valence-electron chi connectivity index (χ4n) is 3.90. The molecule has 10 heteroatoms. The highest BCUT2D eigenvalue weighted by Gasteiger charge is 2.31. The number of nitrogens with one attached hydrogen (secondary N) is 1. The number of nitrogens with two attached hydrogens (primary N) is 1. The maximum atomic E-state index is 12.1. The number of fused-ring (bicyclic) bond motifs is 1. The van der Waals surface area contributed by atoms with Gasteiger partial charge >= 0.3 is 0 Å². The molecule has 0 spiro atoms. The van der Waals surface area contributed by atoms with E-state index in [0.717, 1.165) is 5.56 Å². The Bertz CT molecular complexity index is 1150. The molecule has 1 aromatic heterocycles. The second-order valence-corrected chi connectivity index (χ2v) is 7.09. The lowest BCUT2D eigenvalue weighted by Crippen LogP contribution is -2.50. The lowest BCUT2D eigenvalue weighted by Gasteiger charge is -2.39. The summed E-state index contributed by atoms with van der Waals surface area (Å²) in [6, 6.07) is 11.6. The van der Waals surface area contributed by atoms with Gasteiger partial charge in [0.15, 0.2) is 0 Å². The maximum Gasteiger partial charge on any atom is 0.293 e. The van der Waals surface area contributed by atoms with Gasteiger partial charge in [0.25, 0.3) is 11.2 Å². The van der Waals surface area contributed by atoms with Crippen molar-refractivity contribution in [3.63, 3.8) is 0 Å². The number of aromatic amines is 1. The molecule has 3 aromatic rings. The lowest BCUT2D eigenvalue weighted by molar-refractivity contribution is -0.384. The minimum absolute atomic E-state index is 0.149. The fourth-order valence-corrected chi connectivity index (χ4v) is 3.90. The third kappa shape index (κ3) is 3.60. The van der Waals surface area contributed by atoms with Crippen molar-refractivity contribution in [2.75, 3.05) is 31.1 Å². The van der Waals surface area contributed by atoms with E-state index in [-0.39, 0.29) is 11.1 Å². The number of carbonyl (C=O) groups excluding carboxylic acids is 1. The van der Waals surface area contributed by atoms with Gasteiger partial charge in [0.2, 0.25) is 5.91 Å². The molecule has 0 saturated carbocycles. The maximum absolute atomic E-state index is 12.1. The first-order valence-corrected chi connectivity index (χ1v) is 9.45. The van der Waals surface area contributed by atoms with Gasteiger partial charge in [0, 0.05) is 32.2 Å². The number of nitro benzene ring substituents is 1. The number of nitrogens with zero attached hydrogens (tertiary/aromatic N) is 4. The SMILES string of the molecule is NC(=O)C(c1ccccc1)N1CCN(c2cc3nc[nH]c(=O)c3cc2[N+](=O)[O-])CC1. The first kappa shape index (κ1) is 19.5. The summed E-state index contributed by atoms with van der Waals surface area (Å²) in [5.74, 6) is -0.435. The Morgan fingerprint density at radius 2 is 1.87 bits per heavy atom. The van der Waals surface area contributed by atoms with E-state index in [1.807, 2.05) is 40.1 Å². The Kier molecular flexibility index (Phi) is 5.15. The van der Waals surface area contributed by atoms with Crippen LogP contribution in [0.4, 0.5) is 11.4 Å². The summed E-state index contributed by atoms with van der Waals surface area (Å²) in [6.07, 6.45) is 1.27. The Morgan fingerprint density at radius 1 is 1.17 bits per heavy atom. The van der Waals surface area contributed by atoms with Crippen molar-refractivity contribution in [2.24, 2.45) is 5.73 Å². The molecule has 0 radical (unpaired) electrons. The number of piperazine rings is 1. The van der Waals surface area contributed by atoms with Crippen molar-refractivity contribution in [1.82, 2.24) is 14.9 Å². The molecule has 0 bridgehead atoms. The number of hydrogen-bond acceptors (Lipinski definition) is 7. The molecule has 1 saturated heterocycles. The zero-order valence-corrected chi connectivity index (χ0v) is 16.0. The number of rotatable bonds is 5. The molecule has 1 unspecified atom stereocenters. The average Bonchev–Trinajstić information content (AvgIpc) is 2.74. The molecule has 1 fully saturated rings. The van der Waals surface area contributed by atoms with Crippen LogP contribution in [0.5, 0.6) is 0 Å². The van der Waals surface area contributed by atoms with Crippen LogP contribution >= 0.6 is 0 Å². The van der Waals surface area contributed by atoms with Gasteiger partial charge in [-0.05, 0) is 11.6 Å². The molecule has 1 aliphatic heterocycles. The van der Waals surface area contributed by atoms with Gasteiger partial charge in [0.05, 0.1) is 22.2 Å². The number of nitro groups is 1. The van der Waals surface area contributed by atoms with Crippen LogP contribution in [0.15, 0.2) is 53.6 Å². The van der Waals surface area contributed by atoms with Crippen LogP contribution in [-0.4, -0.2) is 51.9 Å². The van der Waals surface area contributed by atoms with Crippen molar-refractivity contribution >= 4 is 28.2 Å². The van der Waals surface area contributed by atoms with Crippen molar-refractivity contribution in [2.45, 2.75) is 6.04 Å². The highest BCUT2D eigenvalue weighted by Crippen LogP contribution is 2.33. The molecule has 0 aliphatic carbocycles. The number of amides is 1. The number of anilines is 1. The van der Waals surface area contributed by atoms with Crippen LogP contribution in [0.2, 0.25) is 0 Å².